The third-order valence-electron chi connectivity index (χ3n) is 6.42. The molecule has 5 heteroatoms. The van der Waals surface area contributed by atoms with E-state index in [-0.39, 0.29) is 17.4 Å². The predicted octanol–water partition coefficient (Wildman–Crippen LogP) is 3.23. The predicted molar refractivity (Wildman–Crippen MR) is 104 cm³/mol. The van der Waals surface area contributed by atoms with Gasteiger partial charge >= 0.3 is 0 Å². The summed E-state index contributed by atoms with van der Waals surface area (Å²) in [6, 6.07) is 8.18. The van der Waals surface area contributed by atoms with Gasteiger partial charge in [-0.15, -0.1) is 0 Å². The van der Waals surface area contributed by atoms with E-state index in [0.717, 1.165) is 44.5 Å². The molecule has 0 saturated carbocycles. The number of anilines is 1. The minimum Gasteiger partial charge on any atom is -0.340 e. The molecular weight excluding hydrogens is 326 g/mol. The van der Waals surface area contributed by atoms with Gasteiger partial charge in [0, 0.05) is 37.8 Å². The number of piperidine rings is 1. The number of nitrogens with zero attached hydrogens (tertiary/aromatic N) is 2. The monoisotopic (exact) mass is 357 g/mol. The molecule has 26 heavy (non-hydrogen) atoms. The molecule has 0 unspecified atom stereocenters. The minimum absolute atomic E-state index is 0.0353. The number of amides is 2. The molecule has 1 aromatic carbocycles. The average molecular weight is 357 g/mol. The summed E-state index contributed by atoms with van der Waals surface area (Å²) in [5.41, 5.74) is 2.20. The van der Waals surface area contributed by atoms with Gasteiger partial charge in [-0.1, -0.05) is 26.0 Å². The molecule has 0 aliphatic carbocycles. The summed E-state index contributed by atoms with van der Waals surface area (Å²) in [6.07, 6.45) is 4.68. The fourth-order valence-corrected chi connectivity index (χ4v) is 4.19. The quantitative estimate of drug-likeness (QED) is 0.880. The van der Waals surface area contributed by atoms with Gasteiger partial charge in [0.1, 0.15) is 0 Å². The standard InChI is InChI=1S/C21H31N3O2/c1-4-16(2)17-5-7-18(8-6-17)22-19(25)15-24-13-11-21(12-14-24)10-9-20(26)23(21)3/h5-8,16H,4,9-15H2,1-3H3,(H,22,25)/t16-/m0/s1. The first-order valence-corrected chi connectivity index (χ1v) is 9.82. The summed E-state index contributed by atoms with van der Waals surface area (Å²) in [6.45, 7) is 6.56. The third kappa shape index (κ3) is 3.93. The van der Waals surface area contributed by atoms with Crippen molar-refractivity contribution in [1.29, 1.82) is 0 Å². The third-order valence-corrected chi connectivity index (χ3v) is 6.42. The van der Waals surface area contributed by atoms with Crippen LogP contribution in [0.3, 0.4) is 0 Å². The molecule has 142 valence electrons. The number of carbonyl (C=O) groups excluding carboxylic acids is 2. The van der Waals surface area contributed by atoms with E-state index in [9.17, 15) is 9.59 Å². The molecule has 1 atom stereocenters. The summed E-state index contributed by atoms with van der Waals surface area (Å²) >= 11 is 0. The summed E-state index contributed by atoms with van der Waals surface area (Å²) < 4.78 is 0. The van der Waals surface area contributed by atoms with Crippen LogP contribution in [-0.2, 0) is 9.59 Å². The SMILES string of the molecule is CC[C@H](C)c1ccc(NC(=O)CN2CCC3(CCC(=O)N3C)CC2)cc1. The molecule has 2 heterocycles. The number of carbonyl (C=O) groups is 2. The maximum absolute atomic E-state index is 12.4. The van der Waals surface area contributed by atoms with Crippen molar-refractivity contribution in [2.75, 3.05) is 32.0 Å². The Morgan fingerprint density at radius 2 is 1.85 bits per heavy atom. The molecular formula is C21H31N3O2. The highest BCUT2D eigenvalue weighted by Gasteiger charge is 2.44. The number of hydrogen-bond donors (Lipinski definition) is 1. The Balaban J connectivity index is 1.48. The second kappa shape index (κ2) is 7.78. The van der Waals surface area contributed by atoms with E-state index in [1.807, 2.05) is 24.1 Å². The molecule has 2 amide bonds. The highest BCUT2D eigenvalue weighted by Crippen LogP contribution is 2.37. The van der Waals surface area contributed by atoms with Gasteiger partial charge in [0.25, 0.3) is 0 Å². The van der Waals surface area contributed by atoms with Crippen LogP contribution in [0.25, 0.3) is 0 Å². The van der Waals surface area contributed by atoms with Crippen LogP contribution < -0.4 is 5.32 Å². The number of rotatable bonds is 5. The van der Waals surface area contributed by atoms with E-state index >= 15 is 0 Å². The molecule has 2 aliphatic rings. The lowest BCUT2D eigenvalue weighted by molar-refractivity contribution is -0.131. The maximum Gasteiger partial charge on any atom is 0.238 e. The largest absolute Gasteiger partial charge is 0.340 e. The Morgan fingerprint density at radius 3 is 2.38 bits per heavy atom. The Hall–Kier alpha value is -1.88. The molecule has 1 N–H and O–H groups in total. The lowest BCUT2D eigenvalue weighted by Gasteiger charge is -2.43. The Kier molecular flexibility index (Phi) is 5.66. The fraction of sp³-hybridized carbons (Fsp3) is 0.619. The summed E-state index contributed by atoms with van der Waals surface area (Å²) in [5.74, 6) is 0.839. The molecule has 1 aromatic rings. The Bertz CT molecular complexity index is 648. The number of hydrogen-bond acceptors (Lipinski definition) is 3. The Morgan fingerprint density at radius 1 is 1.19 bits per heavy atom. The van der Waals surface area contributed by atoms with Gasteiger partial charge in [0.05, 0.1) is 6.54 Å². The van der Waals surface area contributed by atoms with Gasteiger partial charge in [-0.2, -0.15) is 0 Å². The fourth-order valence-electron chi connectivity index (χ4n) is 4.19. The maximum atomic E-state index is 12.4. The van der Waals surface area contributed by atoms with Crippen molar-refractivity contribution in [3.05, 3.63) is 29.8 Å². The molecule has 1 spiro atoms. The summed E-state index contributed by atoms with van der Waals surface area (Å²) in [5, 5.41) is 3.01. The molecule has 2 aliphatic heterocycles. The van der Waals surface area contributed by atoms with Gasteiger partial charge in [0.2, 0.25) is 11.8 Å². The van der Waals surface area contributed by atoms with Crippen molar-refractivity contribution in [2.24, 2.45) is 0 Å². The zero-order valence-corrected chi connectivity index (χ0v) is 16.3. The lowest BCUT2D eigenvalue weighted by Crippen LogP contribution is -2.52. The summed E-state index contributed by atoms with van der Waals surface area (Å²) in [7, 11) is 1.93. The van der Waals surface area contributed by atoms with Crippen molar-refractivity contribution in [3.63, 3.8) is 0 Å². The topological polar surface area (TPSA) is 52.7 Å². The van der Waals surface area contributed by atoms with Gasteiger partial charge in [-0.05, 0) is 49.3 Å². The van der Waals surface area contributed by atoms with Crippen LogP contribution >= 0.6 is 0 Å². The van der Waals surface area contributed by atoms with Crippen molar-refractivity contribution in [2.45, 2.75) is 57.4 Å². The average Bonchev–Trinajstić information content (AvgIpc) is 2.92. The van der Waals surface area contributed by atoms with Gasteiger partial charge < -0.3 is 10.2 Å². The smallest absolute Gasteiger partial charge is 0.238 e. The summed E-state index contributed by atoms with van der Waals surface area (Å²) in [4.78, 5) is 28.4. The van der Waals surface area contributed by atoms with Crippen LogP contribution in [0.4, 0.5) is 5.69 Å². The van der Waals surface area contributed by atoms with Crippen molar-refractivity contribution in [3.8, 4) is 0 Å². The Labute approximate surface area is 156 Å². The highest BCUT2D eigenvalue weighted by atomic mass is 16.2. The molecule has 3 rings (SSSR count). The lowest BCUT2D eigenvalue weighted by atomic mass is 9.85. The number of likely N-dealkylation sites (tertiary alicyclic amines) is 2. The van der Waals surface area contributed by atoms with Crippen molar-refractivity contribution in [1.82, 2.24) is 9.80 Å². The molecule has 0 aromatic heterocycles. The zero-order chi connectivity index (χ0) is 18.7. The second-order valence-corrected chi connectivity index (χ2v) is 7.93. The molecule has 5 nitrogen and oxygen atoms in total. The van der Waals surface area contributed by atoms with Crippen LogP contribution in [0, 0.1) is 0 Å². The first kappa shape index (κ1) is 18.9. The van der Waals surface area contributed by atoms with Gasteiger partial charge in [0.15, 0.2) is 0 Å². The van der Waals surface area contributed by atoms with E-state index in [2.05, 4.69) is 36.2 Å². The van der Waals surface area contributed by atoms with Gasteiger partial charge in [-0.3, -0.25) is 14.5 Å². The minimum atomic E-state index is 0.0353. The van der Waals surface area contributed by atoms with E-state index in [4.69, 9.17) is 0 Å². The van der Waals surface area contributed by atoms with E-state index in [1.54, 1.807) is 0 Å². The zero-order valence-electron chi connectivity index (χ0n) is 16.3. The van der Waals surface area contributed by atoms with Crippen LogP contribution in [0.5, 0.6) is 0 Å². The highest BCUT2D eigenvalue weighted by molar-refractivity contribution is 5.92. The molecule has 2 saturated heterocycles. The first-order valence-electron chi connectivity index (χ1n) is 9.82. The second-order valence-electron chi connectivity index (χ2n) is 7.93. The number of benzene rings is 1. The van der Waals surface area contributed by atoms with E-state index in [1.165, 1.54) is 5.56 Å². The normalized spacial score (nSPS) is 21.2. The van der Waals surface area contributed by atoms with E-state index < -0.39 is 0 Å². The van der Waals surface area contributed by atoms with Gasteiger partial charge in [-0.25, -0.2) is 0 Å². The number of nitrogens with one attached hydrogen (secondary N) is 1. The van der Waals surface area contributed by atoms with Crippen molar-refractivity contribution >= 4 is 17.5 Å². The molecule has 0 bridgehead atoms. The van der Waals surface area contributed by atoms with Crippen LogP contribution in [0.2, 0.25) is 0 Å². The van der Waals surface area contributed by atoms with E-state index in [0.29, 0.717) is 18.9 Å². The van der Waals surface area contributed by atoms with Crippen LogP contribution in [-0.4, -0.2) is 53.8 Å². The van der Waals surface area contributed by atoms with Crippen molar-refractivity contribution < 1.29 is 9.59 Å². The van der Waals surface area contributed by atoms with Crippen LogP contribution in [0.1, 0.15) is 57.4 Å². The molecule has 2 fully saturated rings. The van der Waals surface area contributed by atoms with Crippen LogP contribution in [0.15, 0.2) is 24.3 Å². The molecule has 0 radical (unpaired) electrons. The first-order chi connectivity index (χ1) is 12.4.